The van der Waals surface area contributed by atoms with Crippen molar-refractivity contribution >= 4 is 5.91 Å². The van der Waals surface area contributed by atoms with Crippen LogP contribution in [0.3, 0.4) is 0 Å². The van der Waals surface area contributed by atoms with Gasteiger partial charge in [-0.1, -0.05) is 386 Å². The Balaban J connectivity index is 1.31. The molecule has 0 aromatic rings. The zero-order chi connectivity index (χ0) is 84.5. The third kappa shape index (κ3) is 53.8. The molecule has 3 rings (SSSR count). The largest absolute Gasteiger partial charge is 0.394 e. The van der Waals surface area contributed by atoms with Crippen LogP contribution < -0.4 is 5.32 Å². The highest BCUT2D eigenvalue weighted by atomic mass is 16.8. The summed E-state index contributed by atoms with van der Waals surface area (Å²) < 4.78 is 34.6. The molecule has 0 aromatic carbocycles. The van der Waals surface area contributed by atoms with Crippen molar-refractivity contribution in [3.63, 3.8) is 0 Å². The number of allylic oxidation sites excluding steroid dienone is 19. The van der Waals surface area contributed by atoms with E-state index in [1.165, 1.54) is 218 Å². The van der Waals surface area contributed by atoms with Gasteiger partial charge in [0.1, 0.15) is 73.2 Å². The number of aliphatic hydroxyl groups is 11. The highest BCUT2D eigenvalue weighted by Crippen LogP contribution is 2.34. The minimum absolute atomic E-state index is 0.236. The lowest BCUT2D eigenvalue weighted by Crippen LogP contribution is -2.66. The minimum atomic E-state index is -1.98. The van der Waals surface area contributed by atoms with Crippen molar-refractivity contribution in [1.82, 2.24) is 5.32 Å². The number of ether oxygens (including phenoxy) is 6. The van der Waals surface area contributed by atoms with Gasteiger partial charge < -0.3 is 89.9 Å². The van der Waals surface area contributed by atoms with Crippen molar-refractivity contribution in [1.29, 1.82) is 0 Å². The molecule has 19 heteroatoms. The van der Waals surface area contributed by atoms with Gasteiger partial charge in [0.25, 0.3) is 0 Å². The van der Waals surface area contributed by atoms with Gasteiger partial charge in [-0.15, -0.1) is 0 Å². The highest BCUT2D eigenvalue weighted by molar-refractivity contribution is 5.76. The predicted octanol–water partition coefficient (Wildman–Crippen LogP) is 19.0. The van der Waals surface area contributed by atoms with Crippen LogP contribution in [0.2, 0.25) is 0 Å². The Bertz CT molecular complexity index is 2590. The number of rotatable bonds is 76. The van der Waals surface area contributed by atoms with E-state index in [2.05, 4.69) is 129 Å². The second kappa shape index (κ2) is 75.9. The number of unbranched alkanes of at least 4 members (excludes halogenated alkanes) is 42. The third-order valence-electron chi connectivity index (χ3n) is 22.8. The Morgan fingerprint density at radius 2 is 0.590 bits per heavy atom. The Morgan fingerprint density at radius 1 is 0.316 bits per heavy atom. The van der Waals surface area contributed by atoms with Crippen LogP contribution >= 0.6 is 0 Å². The van der Waals surface area contributed by atoms with E-state index in [0.29, 0.717) is 6.42 Å². The van der Waals surface area contributed by atoms with E-state index in [1.54, 1.807) is 6.08 Å². The first-order valence-corrected chi connectivity index (χ1v) is 47.3. The molecule has 17 unspecified atom stereocenters. The zero-order valence-electron chi connectivity index (χ0n) is 73.2. The molecule has 12 N–H and O–H groups in total. The standard InChI is InChI=1S/C98H171NO18/c1-3-5-7-9-11-13-15-17-19-21-23-25-27-29-31-33-35-36-37-38-39-40-41-42-43-44-46-48-50-52-54-56-58-60-62-64-66-68-70-72-74-76-86(104)99-81(82(103)75-73-71-69-67-65-63-61-59-57-55-53-51-49-47-45-34-32-30-28-26-24-22-20-18-16-14-12-10-8-6-4-2)80-112-96-92(110)89(107)94(84(78-101)114-96)117-98-93(111)90(108)95(85(79-102)115-98)116-97-91(109)88(106)87(105)83(77-100)113-97/h5,7,11,13,17,19,23,25,29,31,35-36,38-39,41-42,44,46,73,75,81-85,87-98,100-103,105-111H,3-4,6,8-10,12,14-16,18,20-22,24,26-28,30,32-34,37,40,43,45,47-72,74,76-80H2,1-2H3,(H,99,104)/b7-5-,13-11-,19-17-,25-23-,31-29-,36-35-,39-38-,42-41-,46-44-,75-73+. The summed E-state index contributed by atoms with van der Waals surface area (Å²) in [7, 11) is 0. The number of nitrogens with one attached hydrogen (secondary N) is 1. The van der Waals surface area contributed by atoms with Gasteiger partial charge in [-0.05, 0) is 89.9 Å². The fourth-order valence-corrected chi connectivity index (χ4v) is 15.3. The fraction of sp³-hybridized carbons (Fsp3) is 0.786. The molecular weight excluding hydrogens is 1480 g/mol. The number of carbonyl (C=O) groups is 1. The molecule has 0 aromatic heterocycles. The minimum Gasteiger partial charge on any atom is -0.394 e. The molecule has 0 bridgehead atoms. The van der Waals surface area contributed by atoms with Gasteiger partial charge in [-0.25, -0.2) is 0 Å². The molecule has 1 amide bonds. The lowest BCUT2D eigenvalue weighted by Gasteiger charge is -2.48. The Morgan fingerprint density at radius 3 is 0.923 bits per heavy atom. The summed E-state index contributed by atoms with van der Waals surface area (Å²) in [5, 5.41) is 121. The average molecular weight is 1650 g/mol. The molecule has 3 heterocycles. The second-order valence-corrected chi connectivity index (χ2v) is 33.1. The number of carbonyl (C=O) groups excluding carboxylic acids is 1. The van der Waals surface area contributed by atoms with E-state index in [-0.39, 0.29) is 18.9 Å². The lowest BCUT2D eigenvalue weighted by atomic mass is 9.96. The number of amides is 1. The molecule has 0 aliphatic carbocycles. The monoisotopic (exact) mass is 1650 g/mol. The first kappa shape index (κ1) is 107. The quantitative estimate of drug-likeness (QED) is 0.0199. The van der Waals surface area contributed by atoms with Crippen LogP contribution in [0.25, 0.3) is 0 Å². The maximum atomic E-state index is 13.5. The van der Waals surface area contributed by atoms with E-state index < -0.39 is 124 Å². The molecule has 676 valence electrons. The number of aliphatic hydroxyl groups excluding tert-OH is 11. The molecule has 117 heavy (non-hydrogen) atoms. The summed E-state index contributed by atoms with van der Waals surface area (Å²) in [6.07, 6.45) is 82.0. The third-order valence-corrected chi connectivity index (χ3v) is 22.8. The van der Waals surface area contributed by atoms with Crippen LogP contribution in [0.15, 0.2) is 122 Å². The van der Waals surface area contributed by atoms with Crippen LogP contribution in [0.5, 0.6) is 0 Å². The summed E-state index contributed by atoms with van der Waals surface area (Å²) in [6.45, 7) is 1.66. The van der Waals surface area contributed by atoms with E-state index in [0.717, 1.165) is 116 Å². The highest BCUT2D eigenvalue weighted by Gasteiger charge is 2.54. The number of hydrogen-bond acceptors (Lipinski definition) is 18. The van der Waals surface area contributed by atoms with E-state index in [9.17, 15) is 61.0 Å². The first-order chi connectivity index (χ1) is 57.3. The van der Waals surface area contributed by atoms with Gasteiger partial charge in [0.05, 0.1) is 38.6 Å². The SMILES string of the molecule is CC/C=C\C/C=C\C/C=C\C/C=C\C/C=C\C/C=C\C/C=C\C/C=C\C/C=C\CCCCCCCCCCCCCCCC(=O)NC(COC1OC(CO)C(OC2OC(CO)C(OC3OC(CO)C(O)C(O)C3O)C(O)C2O)C(O)C1O)C(O)/C=C/CCCCCCCCCCCCCCCCCCCCCCCCCCCCCCC. The Hall–Kier alpha value is -3.81. The second-order valence-electron chi connectivity index (χ2n) is 33.1. The normalized spacial score (nSPS) is 24.9. The Kier molecular flexibility index (Phi) is 69.6. The lowest BCUT2D eigenvalue weighted by molar-refractivity contribution is -0.379. The maximum Gasteiger partial charge on any atom is 0.220 e. The van der Waals surface area contributed by atoms with Gasteiger partial charge in [-0.3, -0.25) is 4.79 Å². The zero-order valence-corrected chi connectivity index (χ0v) is 73.2. The molecule has 3 aliphatic heterocycles. The first-order valence-electron chi connectivity index (χ1n) is 47.3. The number of hydrogen-bond donors (Lipinski definition) is 12. The van der Waals surface area contributed by atoms with Crippen LogP contribution in [0.1, 0.15) is 361 Å². The van der Waals surface area contributed by atoms with Crippen molar-refractivity contribution in [2.45, 2.75) is 465 Å². The van der Waals surface area contributed by atoms with E-state index in [4.69, 9.17) is 28.4 Å². The van der Waals surface area contributed by atoms with Gasteiger partial charge >= 0.3 is 0 Å². The maximum absolute atomic E-state index is 13.5. The molecular formula is C98H171NO18. The van der Waals surface area contributed by atoms with Crippen molar-refractivity contribution in [2.24, 2.45) is 0 Å². The van der Waals surface area contributed by atoms with Gasteiger partial charge in [-0.2, -0.15) is 0 Å². The summed E-state index contributed by atoms with van der Waals surface area (Å²) in [4.78, 5) is 13.5. The van der Waals surface area contributed by atoms with Crippen molar-refractivity contribution < 1.29 is 89.4 Å². The smallest absolute Gasteiger partial charge is 0.220 e. The molecule has 0 saturated carbocycles. The van der Waals surface area contributed by atoms with Crippen molar-refractivity contribution in [3.05, 3.63) is 122 Å². The summed E-state index contributed by atoms with van der Waals surface area (Å²) in [5.74, 6) is -0.276. The predicted molar refractivity (Wildman–Crippen MR) is 475 cm³/mol. The molecule has 0 radical (unpaired) electrons. The molecule has 3 aliphatic rings. The summed E-state index contributed by atoms with van der Waals surface area (Å²) in [5.41, 5.74) is 0. The van der Waals surface area contributed by atoms with Crippen molar-refractivity contribution in [3.8, 4) is 0 Å². The molecule has 17 atom stereocenters. The van der Waals surface area contributed by atoms with Gasteiger partial charge in [0, 0.05) is 6.42 Å². The van der Waals surface area contributed by atoms with Gasteiger partial charge in [0.2, 0.25) is 5.91 Å². The van der Waals surface area contributed by atoms with Crippen LogP contribution in [0.4, 0.5) is 0 Å². The van der Waals surface area contributed by atoms with E-state index in [1.807, 2.05) is 6.08 Å². The summed E-state index contributed by atoms with van der Waals surface area (Å²) in [6, 6.07) is -0.983. The molecule has 3 saturated heterocycles. The molecule has 3 fully saturated rings. The van der Waals surface area contributed by atoms with Crippen LogP contribution in [-0.2, 0) is 33.2 Å². The molecule has 19 nitrogen and oxygen atoms in total. The molecule has 0 spiro atoms. The summed E-state index contributed by atoms with van der Waals surface area (Å²) >= 11 is 0. The fourth-order valence-electron chi connectivity index (χ4n) is 15.3. The van der Waals surface area contributed by atoms with Crippen LogP contribution in [-0.4, -0.2) is 193 Å². The van der Waals surface area contributed by atoms with Crippen LogP contribution in [0, 0.1) is 0 Å². The Labute approximate surface area is 709 Å². The average Bonchev–Trinajstić information content (AvgIpc) is 0.778. The van der Waals surface area contributed by atoms with E-state index >= 15 is 0 Å². The topological polar surface area (TPSA) is 307 Å². The van der Waals surface area contributed by atoms with Gasteiger partial charge in [0.15, 0.2) is 18.9 Å². The van der Waals surface area contributed by atoms with Crippen molar-refractivity contribution in [2.75, 3.05) is 26.4 Å².